The Kier molecular flexibility index (Phi) is 6.60. The molecule has 0 aliphatic heterocycles. The van der Waals surface area contributed by atoms with Crippen LogP contribution in [0.3, 0.4) is 0 Å². The average molecular weight is 366 g/mol. The molecule has 0 unspecified atom stereocenters. The number of benzene rings is 1. The van der Waals surface area contributed by atoms with Crippen molar-refractivity contribution in [3.8, 4) is 11.4 Å². The molecule has 0 fully saturated rings. The first-order valence-electron chi connectivity index (χ1n) is 9.56. The van der Waals surface area contributed by atoms with Crippen molar-refractivity contribution in [2.45, 2.75) is 33.1 Å². The zero-order chi connectivity index (χ0) is 19.1. The minimum atomic E-state index is -0.0627. The highest BCUT2D eigenvalue weighted by atomic mass is 16.5. The van der Waals surface area contributed by atoms with E-state index < -0.39 is 0 Å². The second-order valence-electron chi connectivity index (χ2n) is 6.31. The number of aromatic nitrogens is 2. The minimum Gasteiger partial charge on any atom is -0.490 e. The Morgan fingerprint density at radius 1 is 1.04 bits per heavy atom. The topological polar surface area (TPSA) is 53.4 Å². The lowest BCUT2D eigenvalue weighted by molar-refractivity contribution is 0.110. The SMILES string of the molecule is CCCCc1c(OCCOCC)c2cccnc2n(-c2ccccc2)c1=O. The molecule has 2 heterocycles. The predicted octanol–water partition coefficient (Wildman–Crippen LogP) is 4.14. The van der Waals surface area contributed by atoms with E-state index in [2.05, 4.69) is 11.9 Å². The molecule has 5 heteroatoms. The van der Waals surface area contributed by atoms with Crippen LogP contribution in [0.25, 0.3) is 16.7 Å². The van der Waals surface area contributed by atoms with Crippen molar-refractivity contribution >= 4 is 11.0 Å². The Hall–Kier alpha value is -2.66. The van der Waals surface area contributed by atoms with Crippen LogP contribution in [0.15, 0.2) is 53.5 Å². The second-order valence-corrected chi connectivity index (χ2v) is 6.31. The molecule has 27 heavy (non-hydrogen) atoms. The summed E-state index contributed by atoms with van der Waals surface area (Å²) in [6.45, 7) is 5.62. The third kappa shape index (κ3) is 4.19. The fraction of sp³-hybridized carbons (Fsp3) is 0.364. The average Bonchev–Trinajstić information content (AvgIpc) is 2.71. The molecule has 1 aromatic carbocycles. The molecule has 3 aromatic rings. The predicted molar refractivity (Wildman–Crippen MR) is 108 cm³/mol. The first-order chi connectivity index (χ1) is 13.3. The van der Waals surface area contributed by atoms with Gasteiger partial charge >= 0.3 is 0 Å². The molecule has 0 saturated carbocycles. The molecular formula is C22H26N2O3. The van der Waals surface area contributed by atoms with Gasteiger partial charge in [-0.25, -0.2) is 4.98 Å². The summed E-state index contributed by atoms with van der Waals surface area (Å²) in [4.78, 5) is 17.9. The fourth-order valence-corrected chi connectivity index (χ4v) is 3.15. The number of nitrogens with zero attached hydrogens (tertiary/aromatic N) is 2. The molecule has 0 atom stereocenters. The maximum absolute atomic E-state index is 13.4. The van der Waals surface area contributed by atoms with Crippen molar-refractivity contribution in [2.24, 2.45) is 0 Å². The van der Waals surface area contributed by atoms with Crippen molar-refractivity contribution in [3.63, 3.8) is 0 Å². The highest BCUT2D eigenvalue weighted by Crippen LogP contribution is 2.29. The number of pyridine rings is 2. The van der Waals surface area contributed by atoms with Crippen molar-refractivity contribution < 1.29 is 9.47 Å². The van der Waals surface area contributed by atoms with Gasteiger partial charge in [0.2, 0.25) is 0 Å². The van der Waals surface area contributed by atoms with Crippen LogP contribution in [0.2, 0.25) is 0 Å². The lowest BCUT2D eigenvalue weighted by atomic mass is 10.1. The van der Waals surface area contributed by atoms with Crippen LogP contribution >= 0.6 is 0 Å². The number of ether oxygens (including phenoxy) is 2. The molecule has 0 amide bonds. The first kappa shape index (κ1) is 19.1. The molecular weight excluding hydrogens is 340 g/mol. The summed E-state index contributed by atoms with van der Waals surface area (Å²) in [6, 6.07) is 13.5. The van der Waals surface area contributed by atoms with Gasteiger partial charge < -0.3 is 9.47 Å². The Morgan fingerprint density at radius 3 is 2.59 bits per heavy atom. The monoisotopic (exact) mass is 366 g/mol. The highest BCUT2D eigenvalue weighted by Gasteiger charge is 2.19. The molecule has 142 valence electrons. The number of para-hydroxylation sites is 1. The van der Waals surface area contributed by atoms with E-state index in [1.54, 1.807) is 10.8 Å². The van der Waals surface area contributed by atoms with Crippen LogP contribution in [0, 0.1) is 0 Å². The molecule has 0 N–H and O–H groups in total. The zero-order valence-corrected chi connectivity index (χ0v) is 16.0. The van der Waals surface area contributed by atoms with E-state index in [-0.39, 0.29) is 5.56 Å². The standard InChI is InChI=1S/C22H26N2O3/c1-3-5-12-19-20(27-16-15-26-4-2)18-13-9-14-23-21(18)24(22(19)25)17-10-7-6-8-11-17/h6-11,13-14H,3-5,12,15-16H2,1-2H3. The molecule has 2 aromatic heterocycles. The zero-order valence-electron chi connectivity index (χ0n) is 16.0. The molecule has 3 rings (SSSR count). The number of hydrogen-bond donors (Lipinski definition) is 0. The highest BCUT2D eigenvalue weighted by molar-refractivity contribution is 5.85. The summed E-state index contributed by atoms with van der Waals surface area (Å²) in [5.74, 6) is 0.642. The molecule has 0 saturated heterocycles. The van der Waals surface area contributed by atoms with E-state index >= 15 is 0 Å². The third-order valence-electron chi connectivity index (χ3n) is 4.45. The second kappa shape index (κ2) is 9.33. The quantitative estimate of drug-likeness (QED) is 0.534. The molecule has 5 nitrogen and oxygen atoms in total. The summed E-state index contributed by atoms with van der Waals surface area (Å²) in [5, 5.41) is 0.851. The van der Waals surface area contributed by atoms with E-state index in [1.165, 1.54) is 0 Å². The molecule has 0 aliphatic rings. The molecule has 0 aliphatic carbocycles. The van der Waals surface area contributed by atoms with Crippen LogP contribution in [0.4, 0.5) is 0 Å². The van der Waals surface area contributed by atoms with E-state index in [0.717, 1.165) is 23.9 Å². The summed E-state index contributed by atoms with van der Waals surface area (Å²) < 4.78 is 13.1. The maximum Gasteiger partial charge on any atom is 0.263 e. The van der Waals surface area contributed by atoms with Gasteiger partial charge in [-0.05, 0) is 44.0 Å². The van der Waals surface area contributed by atoms with Crippen molar-refractivity contribution in [1.82, 2.24) is 9.55 Å². The fourth-order valence-electron chi connectivity index (χ4n) is 3.15. The van der Waals surface area contributed by atoms with Gasteiger partial charge in [-0.2, -0.15) is 0 Å². The number of fused-ring (bicyclic) bond motifs is 1. The first-order valence-corrected chi connectivity index (χ1v) is 9.56. The van der Waals surface area contributed by atoms with Crippen LogP contribution in [0.5, 0.6) is 5.75 Å². The van der Waals surface area contributed by atoms with Crippen LogP contribution in [-0.4, -0.2) is 29.4 Å². The van der Waals surface area contributed by atoms with Gasteiger partial charge in [-0.15, -0.1) is 0 Å². The number of unbranched alkanes of at least 4 members (excludes halogenated alkanes) is 1. The maximum atomic E-state index is 13.4. The van der Waals surface area contributed by atoms with Gasteiger partial charge in [0.15, 0.2) is 5.65 Å². The van der Waals surface area contributed by atoms with Gasteiger partial charge in [-0.3, -0.25) is 9.36 Å². The van der Waals surface area contributed by atoms with E-state index in [0.29, 0.717) is 43.2 Å². The van der Waals surface area contributed by atoms with Crippen molar-refractivity contribution in [1.29, 1.82) is 0 Å². The summed E-state index contributed by atoms with van der Waals surface area (Å²) in [7, 11) is 0. The van der Waals surface area contributed by atoms with Crippen LogP contribution in [0.1, 0.15) is 32.3 Å². The van der Waals surface area contributed by atoms with Crippen LogP contribution in [-0.2, 0) is 11.2 Å². The van der Waals surface area contributed by atoms with E-state index in [4.69, 9.17) is 9.47 Å². The van der Waals surface area contributed by atoms with Gasteiger partial charge in [0.25, 0.3) is 5.56 Å². The molecule has 0 spiro atoms. The number of rotatable bonds is 9. The van der Waals surface area contributed by atoms with Crippen molar-refractivity contribution in [2.75, 3.05) is 19.8 Å². The summed E-state index contributed by atoms with van der Waals surface area (Å²) >= 11 is 0. The Balaban J connectivity index is 2.19. The van der Waals surface area contributed by atoms with E-state index in [1.807, 2.05) is 49.4 Å². The summed E-state index contributed by atoms with van der Waals surface area (Å²) in [5.41, 5.74) is 2.06. The number of hydrogen-bond acceptors (Lipinski definition) is 4. The van der Waals surface area contributed by atoms with Gasteiger partial charge in [0, 0.05) is 12.8 Å². The lowest BCUT2D eigenvalue weighted by Crippen LogP contribution is -2.25. The van der Waals surface area contributed by atoms with Gasteiger partial charge in [0.05, 0.1) is 23.2 Å². The van der Waals surface area contributed by atoms with Gasteiger partial charge in [0.1, 0.15) is 12.4 Å². The Bertz CT molecular complexity index is 935. The lowest BCUT2D eigenvalue weighted by Gasteiger charge is -2.18. The Labute approximate surface area is 159 Å². The van der Waals surface area contributed by atoms with Crippen LogP contribution < -0.4 is 10.3 Å². The largest absolute Gasteiger partial charge is 0.490 e. The van der Waals surface area contributed by atoms with E-state index in [9.17, 15) is 4.79 Å². The molecule has 0 radical (unpaired) electrons. The third-order valence-corrected chi connectivity index (χ3v) is 4.45. The summed E-state index contributed by atoms with van der Waals surface area (Å²) in [6.07, 6.45) is 4.32. The normalized spacial score (nSPS) is 11.0. The Morgan fingerprint density at radius 2 is 1.85 bits per heavy atom. The minimum absolute atomic E-state index is 0.0627. The van der Waals surface area contributed by atoms with Crippen molar-refractivity contribution in [3.05, 3.63) is 64.6 Å². The smallest absolute Gasteiger partial charge is 0.263 e. The van der Waals surface area contributed by atoms with Gasteiger partial charge in [-0.1, -0.05) is 31.5 Å². The molecule has 0 bridgehead atoms.